The molecule has 1 saturated heterocycles. The van der Waals surface area contributed by atoms with Crippen LogP contribution in [0.5, 0.6) is 0 Å². The number of imide groups is 2. The predicted molar refractivity (Wildman–Crippen MR) is 87.0 cm³/mol. The lowest BCUT2D eigenvalue weighted by atomic mass is 9.93. The van der Waals surface area contributed by atoms with Crippen LogP contribution in [-0.2, 0) is 16.0 Å². The molecule has 0 unspecified atom stereocenters. The van der Waals surface area contributed by atoms with Gasteiger partial charge in [0.25, 0.3) is 0 Å². The molecule has 0 radical (unpaired) electrons. The zero-order valence-corrected chi connectivity index (χ0v) is 13.5. The number of benzene rings is 1. The second-order valence-corrected chi connectivity index (χ2v) is 6.23. The summed E-state index contributed by atoms with van der Waals surface area (Å²) >= 11 is 0. The highest BCUT2D eigenvalue weighted by Gasteiger charge is 2.42. The largest absolute Gasteiger partial charge is 0.338 e. The van der Waals surface area contributed by atoms with Crippen molar-refractivity contribution < 1.29 is 14.4 Å². The first kappa shape index (κ1) is 15.7. The Bertz CT molecular complexity index is 635. The van der Waals surface area contributed by atoms with Crippen molar-refractivity contribution in [3.05, 3.63) is 29.8 Å². The standard InChI is InChI=1S/C18H22N2O3/c1-2-13-8-6-7-11-15(13)20-17(22)12-16(21)19(18(20)23)14-9-4-3-5-10-14/h6-8,11,14H,2-5,9-10,12H2,1H3. The van der Waals surface area contributed by atoms with E-state index in [4.69, 9.17) is 0 Å². The van der Waals surface area contributed by atoms with Crippen molar-refractivity contribution in [1.29, 1.82) is 0 Å². The van der Waals surface area contributed by atoms with Crippen LogP contribution in [-0.4, -0.2) is 28.8 Å². The Morgan fingerprint density at radius 3 is 2.39 bits per heavy atom. The Balaban J connectivity index is 1.95. The van der Waals surface area contributed by atoms with E-state index in [0.717, 1.165) is 44.1 Å². The highest BCUT2D eigenvalue weighted by Crippen LogP contribution is 2.30. The van der Waals surface area contributed by atoms with E-state index in [1.807, 2.05) is 25.1 Å². The number of amides is 4. The number of aryl methyl sites for hydroxylation is 1. The molecule has 0 aromatic heterocycles. The average molecular weight is 314 g/mol. The third kappa shape index (κ3) is 2.87. The minimum absolute atomic E-state index is 0.0619. The molecule has 0 N–H and O–H groups in total. The Morgan fingerprint density at radius 2 is 1.70 bits per heavy atom. The summed E-state index contributed by atoms with van der Waals surface area (Å²) in [6.07, 6.45) is 5.39. The van der Waals surface area contributed by atoms with Gasteiger partial charge in [-0.2, -0.15) is 0 Å². The van der Waals surface area contributed by atoms with Gasteiger partial charge in [-0.3, -0.25) is 14.5 Å². The number of nitrogens with zero attached hydrogens (tertiary/aromatic N) is 2. The summed E-state index contributed by atoms with van der Waals surface area (Å²) in [7, 11) is 0. The van der Waals surface area contributed by atoms with Crippen LogP contribution in [0, 0.1) is 0 Å². The van der Waals surface area contributed by atoms with E-state index >= 15 is 0 Å². The molecule has 1 heterocycles. The third-order valence-electron chi connectivity index (χ3n) is 4.77. The minimum Gasteiger partial charge on any atom is -0.274 e. The second-order valence-electron chi connectivity index (χ2n) is 6.23. The lowest BCUT2D eigenvalue weighted by molar-refractivity contribution is -0.136. The number of carbonyl (C=O) groups is 3. The van der Waals surface area contributed by atoms with Crippen LogP contribution in [0.15, 0.2) is 24.3 Å². The monoisotopic (exact) mass is 314 g/mol. The Morgan fingerprint density at radius 1 is 1.00 bits per heavy atom. The van der Waals surface area contributed by atoms with E-state index < -0.39 is 11.9 Å². The van der Waals surface area contributed by atoms with E-state index in [1.54, 1.807) is 6.07 Å². The van der Waals surface area contributed by atoms with Gasteiger partial charge >= 0.3 is 6.03 Å². The molecule has 1 aromatic rings. The summed E-state index contributed by atoms with van der Waals surface area (Å²) < 4.78 is 0. The van der Waals surface area contributed by atoms with Gasteiger partial charge in [0.2, 0.25) is 11.8 Å². The number of para-hydroxylation sites is 1. The molecule has 1 saturated carbocycles. The number of anilines is 1. The molecule has 1 aromatic carbocycles. The maximum Gasteiger partial charge on any atom is 0.338 e. The van der Waals surface area contributed by atoms with Gasteiger partial charge in [0.15, 0.2) is 0 Å². The molecule has 2 fully saturated rings. The first-order chi connectivity index (χ1) is 11.1. The summed E-state index contributed by atoms with van der Waals surface area (Å²) in [5.74, 6) is -0.773. The van der Waals surface area contributed by atoms with Crippen molar-refractivity contribution in [3.8, 4) is 0 Å². The van der Waals surface area contributed by atoms with Crippen LogP contribution >= 0.6 is 0 Å². The van der Waals surface area contributed by atoms with Crippen molar-refractivity contribution >= 4 is 23.5 Å². The molecule has 5 nitrogen and oxygen atoms in total. The number of rotatable bonds is 3. The zero-order chi connectivity index (χ0) is 16.4. The highest BCUT2D eigenvalue weighted by molar-refractivity contribution is 6.26. The smallest absolute Gasteiger partial charge is 0.274 e. The van der Waals surface area contributed by atoms with Gasteiger partial charge in [-0.15, -0.1) is 0 Å². The molecule has 0 bridgehead atoms. The molecule has 2 aliphatic rings. The summed E-state index contributed by atoms with van der Waals surface area (Å²) in [6.45, 7) is 1.99. The van der Waals surface area contributed by atoms with Crippen molar-refractivity contribution in [2.45, 2.75) is 57.9 Å². The molecule has 1 aliphatic carbocycles. The van der Waals surface area contributed by atoms with Crippen LogP contribution < -0.4 is 4.90 Å². The second kappa shape index (κ2) is 6.52. The maximum absolute atomic E-state index is 12.9. The SMILES string of the molecule is CCc1ccccc1N1C(=O)CC(=O)N(C2CCCCC2)C1=O. The van der Waals surface area contributed by atoms with Gasteiger partial charge in [0.1, 0.15) is 6.42 Å². The van der Waals surface area contributed by atoms with Crippen LogP contribution in [0.2, 0.25) is 0 Å². The number of hydrogen-bond acceptors (Lipinski definition) is 3. The van der Waals surface area contributed by atoms with E-state index in [9.17, 15) is 14.4 Å². The molecule has 3 rings (SSSR count). The molecule has 1 aliphatic heterocycles. The average Bonchev–Trinajstić information content (AvgIpc) is 2.56. The first-order valence-electron chi connectivity index (χ1n) is 8.40. The summed E-state index contributed by atoms with van der Waals surface area (Å²) in [4.78, 5) is 40.1. The van der Waals surface area contributed by atoms with Gasteiger partial charge in [-0.1, -0.05) is 44.4 Å². The fourth-order valence-electron chi connectivity index (χ4n) is 3.58. The summed E-state index contributed by atoms with van der Waals surface area (Å²) in [5.41, 5.74) is 1.55. The fourth-order valence-corrected chi connectivity index (χ4v) is 3.58. The number of barbiturate groups is 1. The van der Waals surface area contributed by atoms with Crippen molar-refractivity contribution in [1.82, 2.24) is 4.90 Å². The predicted octanol–water partition coefficient (Wildman–Crippen LogP) is 3.27. The Hall–Kier alpha value is -2.17. The van der Waals surface area contributed by atoms with E-state index in [1.165, 1.54) is 9.80 Å². The van der Waals surface area contributed by atoms with Crippen molar-refractivity contribution in [3.63, 3.8) is 0 Å². The lowest BCUT2D eigenvalue weighted by Gasteiger charge is -2.39. The molecule has 5 heteroatoms. The highest BCUT2D eigenvalue weighted by atomic mass is 16.2. The van der Waals surface area contributed by atoms with Crippen LogP contribution in [0.1, 0.15) is 51.0 Å². The molecule has 122 valence electrons. The molecule has 4 amide bonds. The normalized spacial score (nSPS) is 20.3. The topological polar surface area (TPSA) is 57.7 Å². The Kier molecular flexibility index (Phi) is 4.46. The fraction of sp³-hybridized carbons (Fsp3) is 0.500. The Labute approximate surface area is 136 Å². The van der Waals surface area contributed by atoms with Crippen molar-refractivity contribution in [2.24, 2.45) is 0 Å². The molecule has 0 spiro atoms. The first-order valence-corrected chi connectivity index (χ1v) is 8.40. The number of carbonyl (C=O) groups excluding carboxylic acids is 3. The quantitative estimate of drug-likeness (QED) is 0.805. The molecule has 0 atom stereocenters. The minimum atomic E-state index is -0.473. The third-order valence-corrected chi connectivity index (χ3v) is 4.77. The van der Waals surface area contributed by atoms with Crippen LogP contribution in [0.25, 0.3) is 0 Å². The molecular formula is C18H22N2O3. The van der Waals surface area contributed by atoms with Gasteiger partial charge in [0, 0.05) is 6.04 Å². The van der Waals surface area contributed by atoms with Gasteiger partial charge < -0.3 is 0 Å². The number of urea groups is 1. The van der Waals surface area contributed by atoms with E-state index in [-0.39, 0.29) is 18.4 Å². The van der Waals surface area contributed by atoms with Gasteiger partial charge in [-0.25, -0.2) is 9.69 Å². The molecule has 23 heavy (non-hydrogen) atoms. The maximum atomic E-state index is 12.9. The molecular weight excluding hydrogens is 292 g/mol. The number of hydrogen-bond donors (Lipinski definition) is 0. The van der Waals surface area contributed by atoms with E-state index in [2.05, 4.69) is 0 Å². The van der Waals surface area contributed by atoms with Gasteiger partial charge in [-0.05, 0) is 30.9 Å². The van der Waals surface area contributed by atoms with Gasteiger partial charge in [0.05, 0.1) is 5.69 Å². The zero-order valence-electron chi connectivity index (χ0n) is 13.5. The summed E-state index contributed by atoms with van der Waals surface area (Å²) in [6, 6.07) is 6.87. The van der Waals surface area contributed by atoms with Crippen molar-refractivity contribution in [2.75, 3.05) is 4.90 Å². The lowest BCUT2D eigenvalue weighted by Crippen LogP contribution is -2.59. The summed E-state index contributed by atoms with van der Waals surface area (Å²) in [5, 5.41) is 0. The van der Waals surface area contributed by atoms with Crippen LogP contribution in [0.4, 0.5) is 10.5 Å². The van der Waals surface area contributed by atoms with E-state index in [0.29, 0.717) is 5.69 Å². The van der Waals surface area contributed by atoms with Crippen LogP contribution in [0.3, 0.4) is 0 Å².